The largest absolute Gasteiger partial charge is 0.365 e. The molecule has 1 heterocycles. The minimum absolute atomic E-state index is 0.430. The van der Waals surface area contributed by atoms with E-state index in [2.05, 4.69) is 9.97 Å². The van der Waals surface area contributed by atoms with Crippen molar-refractivity contribution in [1.82, 2.24) is 9.97 Å². The number of aromatic nitrogens is 2. The van der Waals surface area contributed by atoms with Gasteiger partial charge in [-0.15, -0.1) is 0 Å². The number of carbonyl (C=O) groups is 1. The van der Waals surface area contributed by atoms with Crippen LogP contribution in [0.5, 0.6) is 0 Å². The first kappa shape index (κ1) is 8.64. The molecule has 64 valence electrons. The molecule has 0 fully saturated rings. The highest BCUT2D eigenvalue weighted by atomic mass is 16.1. The van der Waals surface area contributed by atoms with Gasteiger partial charge in [0.05, 0.1) is 11.3 Å². The van der Waals surface area contributed by atoms with Crippen LogP contribution in [0.4, 0.5) is 0 Å². The molecule has 1 amide bonds. The molecular weight excluding hydrogens is 154 g/mol. The molecule has 0 radical (unpaired) electrons. The van der Waals surface area contributed by atoms with Crippen LogP contribution >= 0.6 is 0 Å². The normalized spacial score (nSPS) is 9.75. The molecule has 0 aliphatic heterocycles. The number of rotatable bonds is 3. The highest BCUT2D eigenvalue weighted by Crippen LogP contribution is 2.04. The molecule has 0 atom stereocenters. The zero-order chi connectivity index (χ0) is 8.97. The van der Waals surface area contributed by atoms with Crippen molar-refractivity contribution in [3.05, 3.63) is 23.8 Å². The van der Waals surface area contributed by atoms with Gasteiger partial charge in [0.1, 0.15) is 6.33 Å². The van der Waals surface area contributed by atoms with E-state index in [1.165, 1.54) is 12.5 Å². The molecule has 0 spiro atoms. The minimum atomic E-state index is -0.459. The molecule has 0 unspecified atom stereocenters. The zero-order valence-corrected chi connectivity index (χ0v) is 6.95. The Hall–Kier alpha value is -1.45. The van der Waals surface area contributed by atoms with Crippen molar-refractivity contribution in [2.24, 2.45) is 5.73 Å². The summed E-state index contributed by atoms with van der Waals surface area (Å²) in [7, 11) is 0. The SMILES string of the molecule is CCCc1ncncc1C(N)=O. The maximum Gasteiger partial charge on any atom is 0.252 e. The maximum absolute atomic E-state index is 10.8. The molecule has 0 aliphatic rings. The molecule has 1 aromatic rings. The van der Waals surface area contributed by atoms with Gasteiger partial charge in [0.2, 0.25) is 0 Å². The van der Waals surface area contributed by atoms with Crippen molar-refractivity contribution in [2.45, 2.75) is 19.8 Å². The molecule has 12 heavy (non-hydrogen) atoms. The number of hydrogen-bond acceptors (Lipinski definition) is 3. The molecule has 2 N–H and O–H groups in total. The van der Waals surface area contributed by atoms with E-state index >= 15 is 0 Å². The van der Waals surface area contributed by atoms with E-state index < -0.39 is 5.91 Å². The summed E-state index contributed by atoms with van der Waals surface area (Å²) in [6.45, 7) is 2.02. The van der Waals surface area contributed by atoms with Gasteiger partial charge in [-0.2, -0.15) is 0 Å². The molecule has 0 aromatic carbocycles. The number of nitrogens with two attached hydrogens (primary N) is 1. The van der Waals surface area contributed by atoms with Gasteiger partial charge in [-0.3, -0.25) is 4.79 Å². The Bertz CT molecular complexity index is 285. The van der Waals surface area contributed by atoms with Crippen molar-refractivity contribution in [3.63, 3.8) is 0 Å². The van der Waals surface area contributed by atoms with E-state index in [1.54, 1.807) is 0 Å². The Labute approximate surface area is 70.8 Å². The van der Waals surface area contributed by atoms with E-state index in [4.69, 9.17) is 5.73 Å². The molecule has 0 aliphatic carbocycles. The molecule has 1 rings (SSSR count). The predicted octanol–water partition coefficient (Wildman–Crippen LogP) is 0.528. The van der Waals surface area contributed by atoms with Gasteiger partial charge in [-0.25, -0.2) is 9.97 Å². The summed E-state index contributed by atoms with van der Waals surface area (Å²) in [4.78, 5) is 18.6. The Morgan fingerprint density at radius 1 is 1.67 bits per heavy atom. The lowest BCUT2D eigenvalue weighted by Gasteiger charge is -2.01. The topological polar surface area (TPSA) is 68.9 Å². The first-order valence-corrected chi connectivity index (χ1v) is 3.84. The third-order valence-electron chi connectivity index (χ3n) is 1.55. The average molecular weight is 165 g/mol. The first-order chi connectivity index (χ1) is 5.75. The van der Waals surface area contributed by atoms with Crippen LogP contribution in [-0.2, 0) is 6.42 Å². The first-order valence-electron chi connectivity index (χ1n) is 3.84. The van der Waals surface area contributed by atoms with Gasteiger partial charge in [0.15, 0.2) is 0 Å². The highest BCUT2D eigenvalue weighted by molar-refractivity contribution is 5.93. The second-order valence-corrected chi connectivity index (χ2v) is 2.50. The number of amides is 1. The number of hydrogen-bond donors (Lipinski definition) is 1. The molecule has 4 heteroatoms. The second kappa shape index (κ2) is 3.80. The molecular formula is C8H11N3O. The average Bonchev–Trinajstić information content (AvgIpc) is 2.05. The van der Waals surface area contributed by atoms with Crippen molar-refractivity contribution >= 4 is 5.91 Å². The van der Waals surface area contributed by atoms with Crippen molar-refractivity contribution in [1.29, 1.82) is 0 Å². The van der Waals surface area contributed by atoms with Crippen LogP contribution in [0, 0.1) is 0 Å². The van der Waals surface area contributed by atoms with Gasteiger partial charge in [-0.05, 0) is 6.42 Å². The van der Waals surface area contributed by atoms with Crippen LogP contribution in [0.1, 0.15) is 29.4 Å². The molecule has 4 nitrogen and oxygen atoms in total. The Morgan fingerprint density at radius 3 is 3.00 bits per heavy atom. The van der Waals surface area contributed by atoms with Gasteiger partial charge >= 0.3 is 0 Å². The number of nitrogens with zero attached hydrogens (tertiary/aromatic N) is 2. The molecule has 0 saturated carbocycles. The molecule has 1 aromatic heterocycles. The van der Waals surface area contributed by atoms with Crippen LogP contribution in [0.3, 0.4) is 0 Å². The quantitative estimate of drug-likeness (QED) is 0.710. The van der Waals surface area contributed by atoms with Gasteiger partial charge in [-0.1, -0.05) is 13.3 Å². The van der Waals surface area contributed by atoms with E-state index in [9.17, 15) is 4.79 Å². The van der Waals surface area contributed by atoms with E-state index in [1.807, 2.05) is 6.92 Å². The fourth-order valence-electron chi connectivity index (χ4n) is 0.997. The van der Waals surface area contributed by atoms with Crippen LogP contribution in [0.25, 0.3) is 0 Å². The fraction of sp³-hybridized carbons (Fsp3) is 0.375. The van der Waals surface area contributed by atoms with Crippen molar-refractivity contribution < 1.29 is 4.79 Å². The zero-order valence-electron chi connectivity index (χ0n) is 6.95. The monoisotopic (exact) mass is 165 g/mol. The third kappa shape index (κ3) is 1.78. The standard InChI is InChI=1S/C8H11N3O/c1-2-3-7-6(8(9)12)4-10-5-11-7/h4-5H,2-3H2,1H3,(H2,9,12). The lowest BCUT2D eigenvalue weighted by atomic mass is 10.1. The summed E-state index contributed by atoms with van der Waals surface area (Å²) >= 11 is 0. The summed E-state index contributed by atoms with van der Waals surface area (Å²) in [5.41, 5.74) is 6.29. The molecule has 0 saturated heterocycles. The van der Waals surface area contributed by atoms with Crippen molar-refractivity contribution in [3.8, 4) is 0 Å². The summed E-state index contributed by atoms with van der Waals surface area (Å²) < 4.78 is 0. The van der Waals surface area contributed by atoms with E-state index in [-0.39, 0.29) is 0 Å². The van der Waals surface area contributed by atoms with Crippen LogP contribution in [0.15, 0.2) is 12.5 Å². The maximum atomic E-state index is 10.8. The van der Waals surface area contributed by atoms with Gasteiger partial charge < -0.3 is 5.73 Å². The van der Waals surface area contributed by atoms with Crippen LogP contribution in [-0.4, -0.2) is 15.9 Å². The van der Waals surface area contributed by atoms with E-state index in [0.717, 1.165) is 18.5 Å². The van der Waals surface area contributed by atoms with Gasteiger partial charge in [0.25, 0.3) is 5.91 Å². The lowest BCUT2D eigenvalue weighted by Crippen LogP contribution is -2.15. The van der Waals surface area contributed by atoms with Crippen LogP contribution < -0.4 is 5.73 Å². The predicted molar refractivity (Wildman–Crippen MR) is 44.5 cm³/mol. The summed E-state index contributed by atoms with van der Waals surface area (Å²) in [6, 6.07) is 0. The third-order valence-corrected chi connectivity index (χ3v) is 1.55. The number of aryl methyl sites for hydroxylation is 1. The Morgan fingerprint density at radius 2 is 2.42 bits per heavy atom. The minimum Gasteiger partial charge on any atom is -0.365 e. The summed E-state index contributed by atoms with van der Waals surface area (Å²) in [5, 5.41) is 0. The summed E-state index contributed by atoms with van der Waals surface area (Å²) in [5.74, 6) is -0.459. The van der Waals surface area contributed by atoms with Crippen molar-refractivity contribution in [2.75, 3.05) is 0 Å². The van der Waals surface area contributed by atoms with Crippen LogP contribution in [0.2, 0.25) is 0 Å². The molecule has 0 bridgehead atoms. The number of carbonyl (C=O) groups excluding carboxylic acids is 1. The highest BCUT2D eigenvalue weighted by Gasteiger charge is 2.07. The smallest absolute Gasteiger partial charge is 0.252 e. The van der Waals surface area contributed by atoms with E-state index in [0.29, 0.717) is 5.56 Å². The Kier molecular flexibility index (Phi) is 2.74. The Balaban J connectivity index is 3.00. The summed E-state index contributed by atoms with van der Waals surface area (Å²) in [6.07, 6.45) is 4.59. The second-order valence-electron chi connectivity index (χ2n) is 2.50. The number of primary amides is 1. The lowest BCUT2D eigenvalue weighted by molar-refractivity contribution is 0.0998. The van der Waals surface area contributed by atoms with Gasteiger partial charge in [0, 0.05) is 6.20 Å². The fourth-order valence-corrected chi connectivity index (χ4v) is 0.997.